The predicted molar refractivity (Wildman–Crippen MR) is 105 cm³/mol. The Bertz CT molecular complexity index is 573. The van der Waals surface area contributed by atoms with Crippen LogP contribution in [0.15, 0.2) is 24.3 Å². The molecule has 5 heteroatoms. The lowest BCUT2D eigenvalue weighted by Crippen LogP contribution is -2.52. The summed E-state index contributed by atoms with van der Waals surface area (Å²) in [5.74, 6) is 1.57. The van der Waals surface area contributed by atoms with Gasteiger partial charge >= 0.3 is 0 Å². The second kappa shape index (κ2) is 8.87. The summed E-state index contributed by atoms with van der Waals surface area (Å²) in [7, 11) is 2.20. The first-order chi connectivity index (χ1) is 12.5. The van der Waals surface area contributed by atoms with E-state index in [9.17, 15) is 4.79 Å². The molecule has 0 radical (unpaired) electrons. The van der Waals surface area contributed by atoms with Gasteiger partial charge in [0.1, 0.15) is 5.75 Å². The molecule has 0 spiro atoms. The van der Waals surface area contributed by atoms with Gasteiger partial charge in [0, 0.05) is 45.3 Å². The summed E-state index contributed by atoms with van der Waals surface area (Å²) in [4.78, 5) is 19.4. The zero-order chi connectivity index (χ0) is 18.5. The lowest BCUT2D eigenvalue weighted by molar-refractivity contribution is -0.135. The van der Waals surface area contributed by atoms with Crippen LogP contribution < -0.4 is 4.74 Å². The first-order valence-electron chi connectivity index (χ1n) is 9.93. The number of ether oxygens (including phenoxy) is 1. The zero-order valence-electron chi connectivity index (χ0n) is 16.5. The molecular weight excluding hydrogens is 326 g/mol. The Morgan fingerprint density at radius 2 is 1.69 bits per heavy atom. The number of hydrogen-bond acceptors (Lipinski definition) is 4. The van der Waals surface area contributed by atoms with Gasteiger partial charge in [-0.05, 0) is 51.8 Å². The van der Waals surface area contributed by atoms with E-state index in [0.29, 0.717) is 12.0 Å². The topological polar surface area (TPSA) is 36.0 Å². The Kier molecular flexibility index (Phi) is 6.54. The van der Waals surface area contributed by atoms with Gasteiger partial charge in [-0.1, -0.05) is 17.7 Å². The summed E-state index contributed by atoms with van der Waals surface area (Å²) in [6.07, 6.45) is 2.20. The van der Waals surface area contributed by atoms with Crippen molar-refractivity contribution in [2.45, 2.75) is 32.7 Å². The first-order valence-corrected chi connectivity index (χ1v) is 9.93. The van der Waals surface area contributed by atoms with E-state index in [1.807, 2.05) is 36.1 Å². The number of piperidine rings is 1. The molecule has 1 amide bonds. The van der Waals surface area contributed by atoms with Gasteiger partial charge in [-0.15, -0.1) is 0 Å². The molecule has 26 heavy (non-hydrogen) atoms. The number of likely N-dealkylation sites (tertiary alicyclic amines) is 1. The van der Waals surface area contributed by atoms with Crippen molar-refractivity contribution in [3.63, 3.8) is 0 Å². The van der Waals surface area contributed by atoms with E-state index < -0.39 is 0 Å². The highest BCUT2D eigenvalue weighted by Crippen LogP contribution is 2.25. The highest BCUT2D eigenvalue weighted by molar-refractivity contribution is 5.77. The SMILES string of the molecule is Cc1ccc(OCC(=O)N2CCC([C@@H](C)N3CCN(C)CC3)CC2)cc1. The molecule has 2 aliphatic rings. The Morgan fingerprint density at radius 3 is 2.31 bits per heavy atom. The van der Waals surface area contributed by atoms with E-state index in [-0.39, 0.29) is 12.5 Å². The highest BCUT2D eigenvalue weighted by atomic mass is 16.5. The fraction of sp³-hybridized carbons (Fsp3) is 0.667. The fourth-order valence-electron chi connectivity index (χ4n) is 4.03. The van der Waals surface area contributed by atoms with Crippen molar-refractivity contribution in [3.05, 3.63) is 29.8 Å². The summed E-state index contributed by atoms with van der Waals surface area (Å²) in [5.41, 5.74) is 1.19. The Balaban J connectivity index is 1.41. The van der Waals surface area contributed by atoms with Crippen molar-refractivity contribution in [1.82, 2.24) is 14.7 Å². The molecule has 0 saturated carbocycles. The smallest absolute Gasteiger partial charge is 0.260 e. The Morgan fingerprint density at radius 1 is 1.08 bits per heavy atom. The Hall–Kier alpha value is -1.59. The molecule has 5 nitrogen and oxygen atoms in total. The average molecular weight is 360 g/mol. The summed E-state index contributed by atoms with van der Waals surface area (Å²) >= 11 is 0. The summed E-state index contributed by atoms with van der Waals surface area (Å²) in [5, 5.41) is 0. The van der Waals surface area contributed by atoms with Gasteiger partial charge in [0.2, 0.25) is 0 Å². The molecule has 1 aromatic rings. The van der Waals surface area contributed by atoms with Crippen LogP contribution in [-0.2, 0) is 4.79 Å². The molecule has 2 fully saturated rings. The van der Waals surface area contributed by atoms with E-state index in [1.54, 1.807) is 0 Å². The van der Waals surface area contributed by atoms with Crippen LogP contribution in [0.5, 0.6) is 5.75 Å². The third kappa shape index (κ3) is 4.98. The summed E-state index contributed by atoms with van der Waals surface area (Å²) < 4.78 is 5.65. The molecule has 0 aliphatic carbocycles. The van der Waals surface area contributed by atoms with Gasteiger partial charge in [0.15, 0.2) is 6.61 Å². The minimum atomic E-state index is 0.108. The highest BCUT2D eigenvalue weighted by Gasteiger charge is 2.30. The lowest BCUT2D eigenvalue weighted by atomic mass is 9.89. The normalized spacial score (nSPS) is 21.6. The summed E-state index contributed by atoms with van der Waals surface area (Å²) in [6.45, 7) is 10.9. The number of likely N-dealkylation sites (N-methyl/N-ethyl adjacent to an activating group) is 1. The fourth-order valence-corrected chi connectivity index (χ4v) is 4.03. The summed E-state index contributed by atoms with van der Waals surface area (Å²) in [6, 6.07) is 8.47. The molecule has 0 unspecified atom stereocenters. The van der Waals surface area contributed by atoms with E-state index in [1.165, 1.54) is 18.7 Å². The van der Waals surface area contributed by atoms with Crippen LogP contribution in [0.2, 0.25) is 0 Å². The second-order valence-corrected chi connectivity index (χ2v) is 7.90. The van der Waals surface area contributed by atoms with Crippen molar-refractivity contribution < 1.29 is 9.53 Å². The monoisotopic (exact) mass is 359 g/mol. The van der Waals surface area contributed by atoms with Crippen LogP contribution in [0.4, 0.5) is 0 Å². The third-order valence-electron chi connectivity index (χ3n) is 6.07. The molecule has 3 rings (SSSR count). The molecular formula is C21H33N3O2. The van der Waals surface area contributed by atoms with Crippen LogP contribution >= 0.6 is 0 Å². The van der Waals surface area contributed by atoms with E-state index in [2.05, 4.69) is 23.8 Å². The quantitative estimate of drug-likeness (QED) is 0.808. The molecule has 1 atom stereocenters. The molecule has 1 aromatic carbocycles. The zero-order valence-corrected chi connectivity index (χ0v) is 16.5. The first kappa shape index (κ1) is 19.2. The Labute approximate surface area is 157 Å². The minimum absolute atomic E-state index is 0.108. The second-order valence-electron chi connectivity index (χ2n) is 7.90. The van der Waals surface area contributed by atoms with Crippen LogP contribution in [0, 0.1) is 12.8 Å². The predicted octanol–water partition coefficient (Wildman–Crippen LogP) is 2.25. The number of carbonyl (C=O) groups excluding carboxylic acids is 1. The maximum Gasteiger partial charge on any atom is 0.260 e. The number of rotatable bonds is 5. The molecule has 144 valence electrons. The number of carbonyl (C=O) groups is 1. The maximum absolute atomic E-state index is 12.4. The molecule has 0 N–H and O–H groups in total. The van der Waals surface area contributed by atoms with Crippen LogP contribution in [0.1, 0.15) is 25.3 Å². The number of hydrogen-bond donors (Lipinski definition) is 0. The van der Waals surface area contributed by atoms with Gasteiger partial charge in [0.25, 0.3) is 5.91 Å². The van der Waals surface area contributed by atoms with Crippen LogP contribution in [0.3, 0.4) is 0 Å². The number of aryl methyl sites for hydroxylation is 1. The van der Waals surface area contributed by atoms with Gasteiger partial charge in [-0.3, -0.25) is 9.69 Å². The number of nitrogens with zero attached hydrogens (tertiary/aromatic N) is 3. The van der Waals surface area contributed by atoms with Crippen molar-refractivity contribution >= 4 is 5.91 Å². The van der Waals surface area contributed by atoms with E-state index in [0.717, 1.165) is 44.8 Å². The van der Waals surface area contributed by atoms with Crippen LogP contribution in [-0.4, -0.2) is 79.6 Å². The van der Waals surface area contributed by atoms with E-state index >= 15 is 0 Å². The third-order valence-corrected chi connectivity index (χ3v) is 6.07. The van der Waals surface area contributed by atoms with Gasteiger partial charge in [-0.2, -0.15) is 0 Å². The molecule has 0 aromatic heterocycles. The maximum atomic E-state index is 12.4. The number of piperazine rings is 1. The van der Waals surface area contributed by atoms with Crippen molar-refractivity contribution in [3.8, 4) is 5.75 Å². The molecule has 2 heterocycles. The van der Waals surface area contributed by atoms with Crippen molar-refractivity contribution in [2.75, 3.05) is 52.9 Å². The van der Waals surface area contributed by atoms with Gasteiger partial charge < -0.3 is 14.5 Å². The van der Waals surface area contributed by atoms with Crippen molar-refractivity contribution in [2.24, 2.45) is 5.92 Å². The standard InChI is InChI=1S/C21H33N3O2/c1-17-4-6-20(7-5-17)26-16-21(25)24-10-8-19(9-11-24)18(2)23-14-12-22(3)13-15-23/h4-7,18-19H,8-16H2,1-3H3/t18-/m1/s1. The van der Waals surface area contributed by atoms with Crippen LogP contribution in [0.25, 0.3) is 0 Å². The number of benzene rings is 1. The average Bonchev–Trinajstić information content (AvgIpc) is 2.67. The minimum Gasteiger partial charge on any atom is -0.484 e. The van der Waals surface area contributed by atoms with Gasteiger partial charge in [-0.25, -0.2) is 0 Å². The van der Waals surface area contributed by atoms with Gasteiger partial charge in [0.05, 0.1) is 0 Å². The molecule has 2 aliphatic heterocycles. The van der Waals surface area contributed by atoms with Crippen molar-refractivity contribution in [1.29, 1.82) is 0 Å². The van der Waals surface area contributed by atoms with E-state index in [4.69, 9.17) is 4.74 Å². The molecule has 2 saturated heterocycles. The number of amides is 1. The molecule has 0 bridgehead atoms. The largest absolute Gasteiger partial charge is 0.484 e. The lowest BCUT2D eigenvalue weighted by Gasteiger charge is -2.42.